The number of nitrogens with two attached hydrogens (primary N) is 1. The van der Waals surface area contributed by atoms with Gasteiger partial charge in [0.2, 0.25) is 15.9 Å². The van der Waals surface area contributed by atoms with Crippen molar-refractivity contribution in [2.75, 3.05) is 39.9 Å². The molecule has 1 unspecified atom stereocenters. The molecule has 148 valence electrons. The molecule has 0 radical (unpaired) electrons. The van der Waals surface area contributed by atoms with Gasteiger partial charge in [0.1, 0.15) is 6.04 Å². The number of aryl methyl sites for hydroxylation is 1. The summed E-state index contributed by atoms with van der Waals surface area (Å²) in [6.07, 6.45) is 1.95. The molecule has 1 aliphatic heterocycles. The lowest BCUT2D eigenvalue weighted by atomic mass is 10.1. The molecular weight excluding hydrogens is 378 g/mol. The monoisotopic (exact) mass is 405 g/mol. The van der Waals surface area contributed by atoms with Gasteiger partial charge in [0.15, 0.2) is 0 Å². The second-order valence-corrected chi connectivity index (χ2v) is 8.12. The fraction of sp³-hybridized carbons (Fsp3) is 0.588. The van der Waals surface area contributed by atoms with Crippen LogP contribution in [0.4, 0.5) is 0 Å². The van der Waals surface area contributed by atoms with Crippen LogP contribution in [0.15, 0.2) is 29.2 Å². The average Bonchev–Trinajstić information content (AvgIpc) is 2.62. The number of carbonyl (C=O) groups is 1. The summed E-state index contributed by atoms with van der Waals surface area (Å²) in [5, 5.41) is 0. The number of hydrogen-bond donors (Lipinski definition) is 1. The van der Waals surface area contributed by atoms with Crippen LogP contribution in [-0.4, -0.2) is 69.5 Å². The number of halogens is 1. The second-order valence-electron chi connectivity index (χ2n) is 6.19. The number of sulfonamides is 1. The van der Waals surface area contributed by atoms with Gasteiger partial charge < -0.3 is 15.4 Å². The van der Waals surface area contributed by atoms with Gasteiger partial charge in [0.05, 0.1) is 11.5 Å². The number of benzene rings is 1. The highest BCUT2D eigenvalue weighted by atomic mass is 35.5. The molecule has 0 bridgehead atoms. The van der Waals surface area contributed by atoms with Crippen LogP contribution < -0.4 is 5.73 Å². The largest absolute Gasteiger partial charge is 0.383 e. The Bertz CT molecular complexity index is 674. The van der Waals surface area contributed by atoms with Crippen molar-refractivity contribution in [1.82, 2.24) is 9.21 Å². The minimum absolute atomic E-state index is 0. The lowest BCUT2D eigenvalue weighted by molar-refractivity contribution is -0.134. The zero-order chi connectivity index (χ0) is 18.4. The first-order valence-corrected chi connectivity index (χ1v) is 9.96. The van der Waals surface area contributed by atoms with Crippen LogP contribution in [0.5, 0.6) is 0 Å². The molecule has 2 rings (SSSR count). The van der Waals surface area contributed by atoms with Crippen molar-refractivity contribution in [3.05, 3.63) is 29.8 Å². The summed E-state index contributed by atoms with van der Waals surface area (Å²) in [6.45, 7) is 3.45. The molecule has 1 amide bonds. The van der Waals surface area contributed by atoms with E-state index in [1.54, 1.807) is 17.0 Å². The van der Waals surface area contributed by atoms with Gasteiger partial charge in [-0.2, -0.15) is 4.31 Å². The normalized spacial score (nSPS) is 16.8. The Labute approximate surface area is 161 Å². The number of nitrogens with zero attached hydrogens (tertiary/aromatic N) is 2. The summed E-state index contributed by atoms with van der Waals surface area (Å²) >= 11 is 0. The zero-order valence-corrected chi connectivity index (χ0v) is 16.9. The topological polar surface area (TPSA) is 92.9 Å². The average molecular weight is 406 g/mol. The lowest BCUT2D eigenvalue weighted by Gasteiger charge is -2.35. The summed E-state index contributed by atoms with van der Waals surface area (Å²) in [7, 11) is -2.04. The third-order valence-electron chi connectivity index (χ3n) is 4.31. The molecule has 1 aromatic rings. The molecule has 0 saturated carbocycles. The number of amides is 1. The summed E-state index contributed by atoms with van der Waals surface area (Å²) in [5.74, 6) is -0.206. The molecule has 0 aliphatic carbocycles. The predicted octanol–water partition coefficient (Wildman–Crippen LogP) is 0.868. The Morgan fingerprint density at radius 2 is 1.77 bits per heavy atom. The van der Waals surface area contributed by atoms with Crippen molar-refractivity contribution in [3.8, 4) is 0 Å². The number of carbonyl (C=O) groups excluding carboxylic acids is 1. The summed E-state index contributed by atoms with van der Waals surface area (Å²) in [4.78, 5) is 14.1. The molecule has 0 aromatic heterocycles. The third-order valence-corrected chi connectivity index (χ3v) is 6.23. The molecule has 1 saturated heterocycles. The molecule has 1 atom stereocenters. The highest BCUT2D eigenvalue weighted by Gasteiger charge is 2.31. The Hall–Kier alpha value is -1.19. The molecule has 7 nitrogen and oxygen atoms in total. The Morgan fingerprint density at radius 1 is 1.19 bits per heavy atom. The molecule has 26 heavy (non-hydrogen) atoms. The number of methoxy groups -OCH3 is 1. The van der Waals surface area contributed by atoms with Crippen molar-refractivity contribution in [1.29, 1.82) is 0 Å². The first-order chi connectivity index (χ1) is 11.9. The Balaban J connectivity index is 0.00000338. The zero-order valence-electron chi connectivity index (χ0n) is 15.3. The van der Waals surface area contributed by atoms with Crippen molar-refractivity contribution >= 4 is 28.3 Å². The molecular formula is C17H28ClN3O4S. The van der Waals surface area contributed by atoms with E-state index in [1.807, 2.05) is 12.1 Å². The summed E-state index contributed by atoms with van der Waals surface area (Å²) in [6, 6.07) is 6.33. The molecule has 1 aliphatic rings. The van der Waals surface area contributed by atoms with Gasteiger partial charge in [-0.15, -0.1) is 12.4 Å². The van der Waals surface area contributed by atoms with Gasteiger partial charge in [-0.05, 0) is 24.1 Å². The van der Waals surface area contributed by atoms with Crippen LogP contribution in [0.25, 0.3) is 0 Å². The first-order valence-electron chi connectivity index (χ1n) is 8.52. The van der Waals surface area contributed by atoms with Gasteiger partial charge in [-0.25, -0.2) is 8.42 Å². The van der Waals surface area contributed by atoms with Crippen LogP contribution >= 0.6 is 12.4 Å². The summed E-state index contributed by atoms with van der Waals surface area (Å²) < 4.78 is 31.8. The van der Waals surface area contributed by atoms with Gasteiger partial charge in [0, 0.05) is 33.3 Å². The van der Waals surface area contributed by atoms with E-state index in [9.17, 15) is 13.2 Å². The van der Waals surface area contributed by atoms with Crippen LogP contribution in [-0.2, 0) is 26.0 Å². The molecule has 1 fully saturated rings. The second kappa shape index (κ2) is 10.2. The van der Waals surface area contributed by atoms with Crippen molar-refractivity contribution in [3.63, 3.8) is 0 Å². The quantitative estimate of drug-likeness (QED) is 0.726. The van der Waals surface area contributed by atoms with E-state index < -0.39 is 16.1 Å². The van der Waals surface area contributed by atoms with Crippen LogP contribution in [0, 0.1) is 0 Å². The summed E-state index contributed by atoms with van der Waals surface area (Å²) in [5.41, 5.74) is 6.89. The highest BCUT2D eigenvalue weighted by Crippen LogP contribution is 2.19. The Kier molecular flexibility index (Phi) is 8.99. The van der Waals surface area contributed by atoms with E-state index >= 15 is 0 Å². The third kappa shape index (κ3) is 5.40. The van der Waals surface area contributed by atoms with E-state index in [0.717, 1.165) is 18.4 Å². The van der Waals surface area contributed by atoms with E-state index in [2.05, 4.69) is 6.92 Å². The SMILES string of the molecule is CCCc1ccc(S(=O)(=O)N2CCN(C(=O)C(N)COC)CC2)cc1.Cl. The fourth-order valence-corrected chi connectivity index (χ4v) is 4.32. The molecule has 1 heterocycles. The number of hydrogen-bond acceptors (Lipinski definition) is 5. The van der Waals surface area contributed by atoms with E-state index in [0.29, 0.717) is 18.0 Å². The van der Waals surface area contributed by atoms with Crippen molar-refractivity contribution in [2.45, 2.75) is 30.7 Å². The van der Waals surface area contributed by atoms with Crippen LogP contribution in [0.3, 0.4) is 0 Å². The number of piperazine rings is 1. The maximum atomic E-state index is 12.7. The van der Waals surface area contributed by atoms with Gasteiger partial charge >= 0.3 is 0 Å². The molecule has 0 spiro atoms. The van der Waals surface area contributed by atoms with E-state index in [4.69, 9.17) is 10.5 Å². The standard InChI is InChI=1S/C17H27N3O4S.ClH/c1-3-4-14-5-7-15(8-6-14)25(22,23)20-11-9-19(10-12-20)17(21)16(18)13-24-2;/h5-8,16H,3-4,9-13,18H2,1-2H3;1H. The lowest BCUT2D eigenvalue weighted by Crippen LogP contribution is -2.55. The number of rotatable bonds is 7. The predicted molar refractivity (Wildman–Crippen MR) is 103 cm³/mol. The first kappa shape index (κ1) is 22.9. The van der Waals surface area contributed by atoms with Crippen LogP contribution in [0.1, 0.15) is 18.9 Å². The van der Waals surface area contributed by atoms with Crippen molar-refractivity contribution < 1.29 is 17.9 Å². The molecule has 9 heteroatoms. The molecule has 2 N–H and O–H groups in total. The van der Waals surface area contributed by atoms with Gasteiger partial charge in [0.25, 0.3) is 0 Å². The van der Waals surface area contributed by atoms with E-state index in [-0.39, 0.29) is 38.0 Å². The minimum atomic E-state index is -3.53. The highest BCUT2D eigenvalue weighted by molar-refractivity contribution is 7.89. The minimum Gasteiger partial charge on any atom is -0.383 e. The fourth-order valence-electron chi connectivity index (χ4n) is 2.90. The molecule has 1 aromatic carbocycles. The van der Waals surface area contributed by atoms with E-state index in [1.165, 1.54) is 11.4 Å². The van der Waals surface area contributed by atoms with Crippen molar-refractivity contribution in [2.24, 2.45) is 5.73 Å². The Morgan fingerprint density at radius 3 is 2.27 bits per heavy atom. The van der Waals surface area contributed by atoms with Gasteiger partial charge in [-0.3, -0.25) is 4.79 Å². The van der Waals surface area contributed by atoms with Gasteiger partial charge in [-0.1, -0.05) is 25.5 Å². The maximum absolute atomic E-state index is 12.7. The number of ether oxygens (including phenoxy) is 1. The smallest absolute Gasteiger partial charge is 0.243 e. The maximum Gasteiger partial charge on any atom is 0.243 e. The van der Waals surface area contributed by atoms with Crippen LogP contribution in [0.2, 0.25) is 0 Å².